The summed E-state index contributed by atoms with van der Waals surface area (Å²) < 4.78 is 42.9. The molecule has 1 fully saturated rings. The lowest BCUT2D eigenvalue weighted by atomic mass is 9.98. The molecule has 7 nitrogen and oxygen atoms in total. The maximum absolute atomic E-state index is 12.5. The van der Waals surface area contributed by atoms with Crippen molar-refractivity contribution in [3.63, 3.8) is 0 Å². The van der Waals surface area contributed by atoms with E-state index in [1.807, 2.05) is 53.8 Å². The molecule has 1 unspecified atom stereocenters. The molecule has 0 heterocycles. The lowest BCUT2D eigenvalue weighted by Gasteiger charge is -2.16. The van der Waals surface area contributed by atoms with E-state index >= 15 is 0 Å². The number of carboxylic acids is 1. The Labute approximate surface area is 193 Å². The number of carboxylic acid groups (broad SMARTS) is 1. The summed E-state index contributed by atoms with van der Waals surface area (Å²) in [7, 11) is 0. The van der Waals surface area contributed by atoms with Crippen molar-refractivity contribution in [2.24, 2.45) is 11.8 Å². The van der Waals surface area contributed by atoms with Gasteiger partial charge in [0.05, 0.1) is 6.42 Å². The molecule has 0 saturated heterocycles. The molecule has 0 aliphatic heterocycles. The summed E-state index contributed by atoms with van der Waals surface area (Å²) in [5.74, 6) is -3.56. The largest absolute Gasteiger partial charge is 0.480 e. The van der Waals surface area contributed by atoms with Crippen molar-refractivity contribution in [1.29, 1.82) is 0 Å². The van der Waals surface area contributed by atoms with E-state index < -0.39 is 42.5 Å². The molecule has 0 bridgehead atoms. The molecule has 2 aliphatic rings. The van der Waals surface area contributed by atoms with Crippen molar-refractivity contribution in [1.82, 2.24) is 10.6 Å². The smallest absolute Gasteiger partial charge is 0.407 e. The summed E-state index contributed by atoms with van der Waals surface area (Å²) in [5, 5.41) is 13.4. The van der Waals surface area contributed by atoms with Crippen LogP contribution in [0.25, 0.3) is 11.1 Å². The number of hydrogen-bond donors (Lipinski definition) is 3. The molecule has 3 N–H and O–H groups in total. The van der Waals surface area contributed by atoms with Crippen molar-refractivity contribution < 1.29 is 37.4 Å². The molecule has 3 atom stereocenters. The third-order valence-electron chi connectivity index (χ3n) is 6.16. The summed E-state index contributed by atoms with van der Waals surface area (Å²) in [6.07, 6.45) is -6.68. The Kier molecular flexibility index (Phi) is 6.49. The van der Waals surface area contributed by atoms with E-state index in [0.29, 0.717) is 6.42 Å². The van der Waals surface area contributed by atoms with Crippen LogP contribution in [0.1, 0.15) is 29.9 Å². The van der Waals surface area contributed by atoms with Gasteiger partial charge in [-0.05, 0) is 34.6 Å². The van der Waals surface area contributed by atoms with Crippen LogP contribution in [0.5, 0.6) is 0 Å². The molecule has 2 aliphatic carbocycles. The van der Waals surface area contributed by atoms with Crippen molar-refractivity contribution in [3.8, 4) is 11.1 Å². The van der Waals surface area contributed by atoms with Gasteiger partial charge in [-0.2, -0.15) is 13.2 Å². The number of nitrogens with one attached hydrogen (secondary N) is 2. The second kappa shape index (κ2) is 9.36. The van der Waals surface area contributed by atoms with Gasteiger partial charge in [0, 0.05) is 18.4 Å². The minimum atomic E-state index is -4.72. The summed E-state index contributed by atoms with van der Waals surface area (Å²) in [5.41, 5.74) is 4.35. The number of aliphatic carboxylic acids is 1. The van der Waals surface area contributed by atoms with E-state index in [4.69, 9.17) is 9.84 Å². The van der Waals surface area contributed by atoms with E-state index in [1.54, 1.807) is 0 Å². The van der Waals surface area contributed by atoms with Gasteiger partial charge in [0.25, 0.3) is 0 Å². The van der Waals surface area contributed by atoms with Crippen LogP contribution in [0.3, 0.4) is 0 Å². The second-order valence-electron chi connectivity index (χ2n) is 8.53. The van der Waals surface area contributed by atoms with Gasteiger partial charge in [-0.1, -0.05) is 48.5 Å². The number of fused-ring (bicyclic) bond motifs is 3. The van der Waals surface area contributed by atoms with Crippen LogP contribution in [-0.4, -0.2) is 48.4 Å². The molecule has 2 aromatic rings. The molecule has 0 spiro atoms. The molecule has 1 saturated carbocycles. The van der Waals surface area contributed by atoms with Crippen molar-refractivity contribution in [3.05, 3.63) is 59.7 Å². The summed E-state index contributed by atoms with van der Waals surface area (Å²) in [6.45, 7) is 0.234. The van der Waals surface area contributed by atoms with Gasteiger partial charge < -0.3 is 20.5 Å². The molecule has 34 heavy (non-hydrogen) atoms. The Balaban J connectivity index is 1.24. The Morgan fingerprint density at radius 3 is 2.18 bits per heavy atom. The lowest BCUT2D eigenvalue weighted by molar-refractivity contribution is -0.160. The average Bonchev–Trinajstić information content (AvgIpc) is 3.50. The monoisotopic (exact) mass is 476 g/mol. The van der Waals surface area contributed by atoms with Gasteiger partial charge >= 0.3 is 18.2 Å². The third kappa shape index (κ3) is 5.32. The number of amides is 2. The number of alkyl carbamates (subject to hydrolysis) is 1. The predicted molar refractivity (Wildman–Crippen MR) is 115 cm³/mol. The lowest BCUT2D eigenvalue weighted by Crippen LogP contribution is -2.44. The molecule has 0 aromatic heterocycles. The molecule has 10 heteroatoms. The highest BCUT2D eigenvalue weighted by atomic mass is 19.4. The van der Waals surface area contributed by atoms with Crippen LogP contribution >= 0.6 is 0 Å². The molecule has 4 rings (SSSR count). The van der Waals surface area contributed by atoms with Crippen LogP contribution in [0, 0.1) is 11.8 Å². The first kappa shape index (κ1) is 23.6. The Morgan fingerprint density at radius 1 is 1.03 bits per heavy atom. The first-order valence-corrected chi connectivity index (χ1v) is 10.8. The van der Waals surface area contributed by atoms with E-state index in [-0.39, 0.29) is 25.0 Å². The fraction of sp³-hybridized carbons (Fsp3) is 0.375. The minimum absolute atomic E-state index is 0.0980. The van der Waals surface area contributed by atoms with Crippen molar-refractivity contribution >= 4 is 18.0 Å². The number of alkyl halides is 3. The minimum Gasteiger partial charge on any atom is -0.480 e. The summed E-state index contributed by atoms with van der Waals surface area (Å²) in [6, 6.07) is 13.8. The SMILES string of the molecule is O=C(NC[C@H]1C[C@H]1C(=O)NC(CC(F)(F)F)C(=O)O)OCC1c2ccccc2-c2ccccc21. The number of ether oxygens (including phenoxy) is 1. The van der Waals surface area contributed by atoms with Crippen LogP contribution in [0.15, 0.2) is 48.5 Å². The van der Waals surface area contributed by atoms with Crippen LogP contribution in [-0.2, 0) is 14.3 Å². The zero-order valence-electron chi connectivity index (χ0n) is 18.0. The fourth-order valence-electron chi connectivity index (χ4n) is 4.37. The van der Waals surface area contributed by atoms with Crippen molar-refractivity contribution in [2.75, 3.05) is 13.2 Å². The van der Waals surface area contributed by atoms with E-state index in [0.717, 1.165) is 22.3 Å². The number of benzene rings is 2. The standard InChI is InChI=1S/C24H23F3N2O5/c25-24(26,27)10-20(22(31)32)29-21(30)18-9-13(18)11-28-23(33)34-12-19-16-7-3-1-5-14(16)15-6-2-4-8-17(15)19/h1-8,13,18-20H,9-12H2,(H,28,33)(H,29,30)(H,31,32)/t13-,18-,20?/m1/s1. The maximum Gasteiger partial charge on any atom is 0.407 e. The normalized spacial score (nSPS) is 19.5. The Hall–Kier alpha value is -3.56. The highest BCUT2D eigenvalue weighted by Gasteiger charge is 2.45. The van der Waals surface area contributed by atoms with E-state index in [1.165, 1.54) is 0 Å². The second-order valence-corrected chi connectivity index (χ2v) is 8.53. The number of rotatable bonds is 8. The highest BCUT2D eigenvalue weighted by Crippen LogP contribution is 2.44. The van der Waals surface area contributed by atoms with Gasteiger partial charge in [0.1, 0.15) is 12.6 Å². The van der Waals surface area contributed by atoms with Crippen molar-refractivity contribution in [2.45, 2.75) is 31.0 Å². The molecular formula is C24H23F3N2O5. The van der Waals surface area contributed by atoms with Crippen LogP contribution < -0.4 is 10.6 Å². The first-order valence-electron chi connectivity index (χ1n) is 10.8. The third-order valence-corrected chi connectivity index (χ3v) is 6.16. The topological polar surface area (TPSA) is 105 Å². The molecule has 2 amide bonds. The molecule has 0 radical (unpaired) electrons. The van der Waals surface area contributed by atoms with E-state index in [2.05, 4.69) is 5.32 Å². The Morgan fingerprint density at radius 2 is 1.62 bits per heavy atom. The summed E-state index contributed by atoms with van der Waals surface area (Å²) >= 11 is 0. The van der Waals surface area contributed by atoms with Gasteiger partial charge in [-0.3, -0.25) is 4.79 Å². The van der Waals surface area contributed by atoms with Gasteiger partial charge in [0.2, 0.25) is 5.91 Å². The fourth-order valence-corrected chi connectivity index (χ4v) is 4.37. The Bertz CT molecular complexity index is 1060. The predicted octanol–water partition coefficient (Wildman–Crippen LogP) is 3.68. The first-order chi connectivity index (χ1) is 16.1. The van der Waals surface area contributed by atoms with Crippen LogP contribution in [0.2, 0.25) is 0 Å². The summed E-state index contributed by atoms with van der Waals surface area (Å²) in [4.78, 5) is 35.3. The number of carbonyl (C=O) groups is 3. The quantitative estimate of drug-likeness (QED) is 0.539. The molecule has 180 valence electrons. The van der Waals surface area contributed by atoms with Crippen LogP contribution in [0.4, 0.5) is 18.0 Å². The number of halogens is 3. The average molecular weight is 476 g/mol. The molecule has 2 aromatic carbocycles. The maximum atomic E-state index is 12.5. The van der Waals surface area contributed by atoms with E-state index in [9.17, 15) is 27.6 Å². The zero-order chi connectivity index (χ0) is 24.5. The highest BCUT2D eigenvalue weighted by molar-refractivity contribution is 5.87. The van der Waals surface area contributed by atoms with Gasteiger partial charge in [-0.15, -0.1) is 0 Å². The number of hydrogen-bond acceptors (Lipinski definition) is 4. The zero-order valence-corrected chi connectivity index (χ0v) is 18.0. The van der Waals surface area contributed by atoms with Gasteiger partial charge in [-0.25, -0.2) is 9.59 Å². The van der Waals surface area contributed by atoms with Gasteiger partial charge in [0.15, 0.2) is 0 Å². The molecular weight excluding hydrogens is 453 g/mol. The number of carbonyl (C=O) groups excluding carboxylic acids is 2.